The number of carbonyl (C=O) groups is 1. The van der Waals surface area contributed by atoms with Crippen molar-refractivity contribution in [2.75, 3.05) is 12.4 Å². The summed E-state index contributed by atoms with van der Waals surface area (Å²) in [5.74, 6) is 1.43. The number of methoxy groups -OCH3 is 1. The molecular weight excluding hydrogens is 386 g/mol. The molecule has 0 aliphatic rings. The molecule has 6 nitrogen and oxygen atoms in total. The summed E-state index contributed by atoms with van der Waals surface area (Å²) in [4.78, 5) is 12.7. The summed E-state index contributed by atoms with van der Waals surface area (Å²) in [6, 6.07) is 15.3. The molecule has 0 saturated carbocycles. The third kappa shape index (κ3) is 5.17. The van der Waals surface area contributed by atoms with Gasteiger partial charge in [0.1, 0.15) is 5.75 Å². The van der Waals surface area contributed by atoms with Crippen molar-refractivity contribution in [1.82, 2.24) is 10.2 Å². The fourth-order valence-electron chi connectivity index (χ4n) is 2.81. The Morgan fingerprint density at radius 3 is 2.55 bits per heavy atom. The van der Waals surface area contributed by atoms with Gasteiger partial charge in [-0.1, -0.05) is 43.8 Å². The molecule has 0 bridgehead atoms. The average Bonchev–Trinajstić information content (AvgIpc) is 3.22. The number of anilines is 1. The second-order valence-electron chi connectivity index (χ2n) is 6.75. The van der Waals surface area contributed by atoms with Crippen molar-refractivity contribution in [2.24, 2.45) is 0 Å². The van der Waals surface area contributed by atoms with Crippen LogP contribution in [0.2, 0.25) is 0 Å². The van der Waals surface area contributed by atoms with Gasteiger partial charge in [-0.2, -0.15) is 0 Å². The standard InChI is InChI=1S/C22H25N3O3S/c1-5-14(2)18-8-6-7-9-19(18)23-20(26)15(3)29-22-25-24-21(28-22)16-10-12-17(27-4)13-11-16/h6-15H,5H2,1-4H3,(H,23,26)/t14-,15+/m1/s1. The highest BCUT2D eigenvalue weighted by Crippen LogP contribution is 2.30. The van der Waals surface area contributed by atoms with Gasteiger partial charge < -0.3 is 14.5 Å². The van der Waals surface area contributed by atoms with Gasteiger partial charge in [0.15, 0.2) is 0 Å². The largest absolute Gasteiger partial charge is 0.497 e. The number of benzene rings is 2. The number of aromatic nitrogens is 2. The maximum atomic E-state index is 12.7. The maximum absolute atomic E-state index is 12.7. The van der Waals surface area contributed by atoms with E-state index in [4.69, 9.17) is 9.15 Å². The number of amides is 1. The predicted molar refractivity (Wildman–Crippen MR) is 115 cm³/mol. The third-order valence-electron chi connectivity index (χ3n) is 4.75. The fraction of sp³-hybridized carbons (Fsp3) is 0.318. The van der Waals surface area contributed by atoms with Gasteiger partial charge in [0, 0.05) is 11.3 Å². The average molecular weight is 412 g/mol. The number of nitrogens with zero attached hydrogens (tertiary/aromatic N) is 2. The molecular formula is C22H25N3O3S. The minimum Gasteiger partial charge on any atom is -0.497 e. The zero-order chi connectivity index (χ0) is 20.8. The highest BCUT2D eigenvalue weighted by Gasteiger charge is 2.20. The van der Waals surface area contributed by atoms with E-state index in [1.54, 1.807) is 7.11 Å². The molecule has 3 aromatic rings. The fourth-order valence-corrected chi connectivity index (χ4v) is 3.49. The van der Waals surface area contributed by atoms with Crippen molar-refractivity contribution in [2.45, 2.75) is 43.6 Å². The van der Waals surface area contributed by atoms with Crippen LogP contribution in [-0.2, 0) is 4.79 Å². The van der Waals surface area contributed by atoms with Crippen molar-refractivity contribution in [3.8, 4) is 17.2 Å². The number of thioether (sulfide) groups is 1. The third-order valence-corrected chi connectivity index (χ3v) is 5.69. The molecule has 0 radical (unpaired) electrons. The summed E-state index contributed by atoms with van der Waals surface area (Å²) < 4.78 is 10.9. The molecule has 1 amide bonds. The molecule has 2 atom stereocenters. The summed E-state index contributed by atoms with van der Waals surface area (Å²) in [5, 5.41) is 11.1. The molecule has 1 aromatic heterocycles. The second-order valence-corrected chi connectivity index (χ2v) is 8.04. The monoisotopic (exact) mass is 411 g/mol. The quantitative estimate of drug-likeness (QED) is 0.502. The van der Waals surface area contributed by atoms with Crippen molar-refractivity contribution >= 4 is 23.4 Å². The van der Waals surface area contributed by atoms with Crippen molar-refractivity contribution < 1.29 is 13.9 Å². The van der Waals surface area contributed by atoms with Gasteiger partial charge in [-0.3, -0.25) is 4.79 Å². The predicted octanol–water partition coefficient (Wildman–Crippen LogP) is 5.38. The van der Waals surface area contributed by atoms with E-state index in [-0.39, 0.29) is 11.2 Å². The molecule has 1 heterocycles. The summed E-state index contributed by atoms with van der Waals surface area (Å²) in [5.41, 5.74) is 2.79. The Kier molecular flexibility index (Phi) is 6.93. The lowest BCUT2D eigenvalue weighted by Crippen LogP contribution is -2.23. The van der Waals surface area contributed by atoms with Gasteiger partial charge in [-0.25, -0.2) is 0 Å². The van der Waals surface area contributed by atoms with Crippen LogP contribution in [0.1, 0.15) is 38.7 Å². The number of hydrogen-bond donors (Lipinski definition) is 1. The molecule has 2 aromatic carbocycles. The topological polar surface area (TPSA) is 77.2 Å². The maximum Gasteiger partial charge on any atom is 0.277 e. The summed E-state index contributed by atoms with van der Waals surface area (Å²) >= 11 is 1.24. The van der Waals surface area contributed by atoms with E-state index in [1.807, 2.05) is 49.4 Å². The van der Waals surface area contributed by atoms with Gasteiger partial charge in [-0.15, -0.1) is 10.2 Å². The zero-order valence-corrected chi connectivity index (χ0v) is 17.8. The molecule has 152 valence electrons. The summed E-state index contributed by atoms with van der Waals surface area (Å²) in [6.45, 7) is 6.11. The highest BCUT2D eigenvalue weighted by atomic mass is 32.2. The Morgan fingerprint density at radius 1 is 1.14 bits per heavy atom. The van der Waals surface area contributed by atoms with Crippen LogP contribution < -0.4 is 10.1 Å². The lowest BCUT2D eigenvalue weighted by atomic mass is 9.97. The van der Waals surface area contributed by atoms with Gasteiger partial charge in [-0.05, 0) is 55.2 Å². The summed E-state index contributed by atoms with van der Waals surface area (Å²) in [6.07, 6.45) is 1.01. The lowest BCUT2D eigenvalue weighted by molar-refractivity contribution is -0.115. The Hall–Kier alpha value is -2.80. The molecule has 0 aliphatic carbocycles. The summed E-state index contributed by atoms with van der Waals surface area (Å²) in [7, 11) is 1.62. The Balaban J connectivity index is 1.65. The number of carbonyl (C=O) groups excluding carboxylic acids is 1. The van der Waals surface area contributed by atoms with E-state index >= 15 is 0 Å². The van der Waals surface area contributed by atoms with Gasteiger partial charge in [0.25, 0.3) is 5.22 Å². The lowest BCUT2D eigenvalue weighted by Gasteiger charge is -2.17. The molecule has 3 rings (SSSR count). The van der Waals surface area contributed by atoms with Crippen molar-refractivity contribution in [1.29, 1.82) is 0 Å². The van der Waals surface area contributed by atoms with Crippen molar-refractivity contribution in [3.63, 3.8) is 0 Å². The van der Waals surface area contributed by atoms with E-state index in [0.717, 1.165) is 29.0 Å². The normalized spacial score (nSPS) is 13.0. The molecule has 1 N–H and O–H groups in total. The van der Waals surface area contributed by atoms with Gasteiger partial charge in [0.05, 0.1) is 12.4 Å². The first-order valence-corrected chi connectivity index (χ1v) is 10.4. The first kappa shape index (κ1) is 20.9. The SMILES string of the molecule is CC[C@@H](C)c1ccccc1NC(=O)[C@H](C)Sc1nnc(-c2ccc(OC)cc2)o1. The molecule has 0 unspecified atom stereocenters. The van der Waals surface area contributed by atoms with Gasteiger partial charge >= 0.3 is 0 Å². The number of para-hydroxylation sites is 1. The Bertz CT molecular complexity index is 956. The highest BCUT2D eigenvalue weighted by molar-refractivity contribution is 8.00. The molecule has 29 heavy (non-hydrogen) atoms. The number of rotatable bonds is 8. The van der Waals surface area contributed by atoms with E-state index in [2.05, 4.69) is 35.4 Å². The molecule has 7 heteroatoms. The first-order valence-electron chi connectivity index (χ1n) is 9.56. The smallest absolute Gasteiger partial charge is 0.277 e. The minimum atomic E-state index is -0.385. The minimum absolute atomic E-state index is 0.102. The number of nitrogens with one attached hydrogen (secondary N) is 1. The van der Waals surface area contributed by atoms with E-state index < -0.39 is 0 Å². The molecule has 0 fully saturated rings. The number of ether oxygens (including phenoxy) is 1. The first-order chi connectivity index (χ1) is 14.0. The van der Waals surface area contributed by atoms with Crippen LogP contribution in [0.5, 0.6) is 5.75 Å². The van der Waals surface area contributed by atoms with Crippen LogP contribution in [-0.4, -0.2) is 28.5 Å². The van der Waals surface area contributed by atoms with Crippen LogP contribution in [0.25, 0.3) is 11.5 Å². The molecule has 0 spiro atoms. The molecule has 0 saturated heterocycles. The van der Waals surface area contributed by atoms with Crippen LogP contribution in [0.4, 0.5) is 5.69 Å². The van der Waals surface area contributed by atoms with Gasteiger partial charge in [0.2, 0.25) is 11.8 Å². The van der Waals surface area contributed by atoms with Crippen LogP contribution in [0.15, 0.2) is 58.2 Å². The van der Waals surface area contributed by atoms with E-state index in [0.29, 0.717) is 17.0 Å². The van der Waals surface area contributed by atoms with Crippen molar-refractivity contribution in [3.05, 3.63) is 54.1 Å². The number of hydrogen-bond acceptors (Lipinski definition) is 6. The van der Waals surface area contributed by atoms with Crippen LogP contribution >= 0.6 is 11.8 Å². The van der Waals surface area contributed by atoms with Crippen LogP contribution in [0, 0.1) is 0 Å². The Morgan fingerprint density at radius 2 is 1.86 bits per heavy atom. The van der Waals surface area contributed by atoms with E-state index in [1.165, 1.54) is 11.8 Å². The second kappa shape index (κ2) is 9.60. The van der Waals surface area contributed by atoms with Crippen LogP contribution in [0.3, 0.4) is 0 Å². The molecule has 0 aliphatic heterocycles. The zero-order valence-electron chi connectivity index (χ0n) is 17.0. The Labute approximate surface area is 175 Å². The van der Waals surface area contributed by atoms with E-state index in [9.17, 15) is 4.79 Å².